The van der Waals surface area contributed by atoms with Crippen molar-refractivity contribution in [3.8, 4) is 0 Å². The van der Waals surface area contributed by atoms with E-state index in [9.17, 15) is 4.79 Å². The summed E-state index contributed by atoms with van der Waals surface area (Å²) in [7, 11) is 0. The molecule has 3 rings (SSSR count). The molecule has 1 aromatic heterocycles. The van der Waals surface area contributed by atoms with E-state index >= 15 is 0 Å². The molecule has 1 aromatic rings. The molecular weight excluding hydrogens is 210 g/mol. The minimum atomic E-state index is 0.356. The lowest BCUT2D eigenvalue weighted by Gasteiger charge is -2.29. The van der Waals surface area contributed by atoms with Crippen LogP contribution in [0.1, 0.15) is 67.5 Å². The predicted molar refractivity (Wildman–Crippen MR) is 68.4 cm³/mol. The van der Waals surface area contributed by atoms with Gasteiger partial charge in [-0.25, -0.2) is 0 Å². The molecule has 0 aliphatic heterocycles. The monoisotopic (exact) mass is 231 g/mol. The van der Waals surface area contributed by atoms with Crippen LogP contribution in [0.5, 0.6) is 0 Å². The fourth-order valence-corrected chi connectivity index (χ4v) is 3.41. The van der Waals surface area contributed by atoms with Crippen LogP contribution in [0.25, 0.3) is 0 Å². The van der Waals surface area contributed by atoms with Gasteiger partial charge in [-0.05, 0) is 50.5 Å². The topological polar surface area (TPSA) is 22.0 Å². The maximum absolute atomic E-state index is 11.8. The lowest BCUT2D eigenvalue weighted by atomic mass is 9.87. The van der Waals surface area contributed by atoms with Crippen LogP contribution in [0.2, 0.25) is 0 Å². The van der Waals surface area contributed by atoms with Crippen molar-refractivity contribution < 1.29 is 4.79 Å². The SMILES string of the molecule is CC1CCC(n2ccc3c2CCCC3=O)CC1. The molecule has 0 spiro atoms. The van der Waals surface area contributed by atoms with Gasteiger partial charge in [0, 0.05) is 29.9 Å². The Morgan fingerprint density at radius 2 is 1.94 bits per heavy atom. The number of hydrogen-bond acceptors (Lipinski definition) is 1. The summed E-state index contributed by atoms with van der Waals surface area (Å²) in [6.07, 6.45) is 10.3. The maximum Gasteiger partial charge on any atom is 0.164 e. The molecule has 1 saturated carbocycles. The highest BCUT2D eigenvalue weighted by atomic mass is 16.1. The van der Waals surface area contributed by atoms with Crippen molar-refractivity contribution in [2.75, 3.05) is 0 Å². The molecule has 0 aromatic carbocycles. The number of nitrogens with zero attached hydrogens (tertiary/aromatic N) is 1. The van der Waals surface area contributed by atoms with Crippen LogP contribution in [0.4, 0.5) is 0 Å². The van der Waals surface area contributed by atoms with E-state index in [0.29, 0.717) is 11.8 Å². The zero-order valence-electron chi connectivity index (χ0n) is 10.6. The van der Waals surface area contributed by atoms with Crippen LogP contribution in [0.3, 0.4) is 0 Å². The molecule has 2 heteroatoms. The van der Waals surface area contributed by atoms with E-state index in [1.165, 1.54) is 31.4 Å². The average Bonchev–Trinajstić information content (AvgIpc) is 2.75. The van der Waals surface area contributed by atoms with Crippen LogP contribution in [-0.4, -0.2) is 10.4 Å². The summed E-state index contributed by atoms with van der Waals surface area (Å²) in [5.41, 5.74) is 2.33. The van der Waals surface area contributed by atoms with Crippen molar-refractivity contribution in [2.24, 2.45) is 5.92 Å². The normalized spacial score (nSPS) is 29.1. The molecule has 1 heterocycles. The second kappa shape index (κ2) is 4.32. The van der Waals surface area contributed by atoms with Gasteiger partial charge in [0.15, 0.2) is 5.78 Å². The first-order chi connectivity index (χ1) is 8.25. The fourth-order valence-electron chi connectivity index (χ4n) is 3.41. The van der Waals surface area contributed by atoms with E-state index in [2.05, 4.69) is 23.8 Å². The smallest absolute Gasteiger partial charge is 0.164 e. The second-order valence-corrected chi connectivity index (χ2v) is 5.77. The Hall–Kier alpha value is -1.05. The number of aromatic nitrogens is 1. The van der Waals surface area contributed by atoms with Crippen molar-refractivity contribution in [1.82, 2.24) is 4.57 Å². The molecule has 92 valence electrons. The maximum atomic E-state index is 11.8. The first kappa shape index (κ1) is 11.1. The number of rotatable bonds is 1. The Bertz CT molecular complexity index is 424. The van der Waals surface area contributed by atoms with Gasteiger partial charge in [0.25, 0.3) is 0 Å². The number of ketones is 1. The molecule has 2 aliphatic rings. The van der Waals surface area contributed by atoms with Gasteiger partial charge in [0.05, 0.1) is 0 Å². The molecular formula is C15H21NO. The van der Waals surface area contributed by atoms with Crippen molar-refractivity contribution in [2.45, 2.75) is 57.9 Å². The first-order valence-corrected chi connectivity index (χ1v) is 6.98. The third-order valence-corrected chi connectivity index (χ3v) is 4.52. The molecule has 0 atom stereocenters. The summed E-state index contributed by atoms with van der Waals surface area (Å²) in [4.78, 5) is 11.8. The molecule has 17 heavy (non-hydrogen) atoms. The fraction of sp³-hybridized carbons (Fsp3) is 0.667. The Labute approximate surface area is 103 Å². The van der Waals surface area contributed by atoms with Crippen LogP contribution in [0.15, 0.2) is 12.3 Å². The summed E-state index contributed by atoms with van der Waals surface area (Å²) in [6, 6.07) is 2.70. The third kappa shape index (κ3) is 1.94. The molecule has 0 radical (unpaired) electrons. The molecule has 1 fully saturated rings. The minimum Gasteiger partial charge on any atom is -0.348 e. The summed E-state index contributed by atoms with van der Waals surface area (Å²) >= 11 is 0. The third-order valence-electron chi connectivity index (χ3n) is 4.52. The number of hydrogen-bond donors (Lipinski definition) is 0. The highest BCUT2D eigenvalue weighted by Gasteiger charge is 2.25. The lowest BCUT2D eigenvalue weighted by molar-refractivity contribution is 0.0971. The van der Waals surface area contributed by atoms with Crippen molar-refractivity contribution in [1.29, 1.82) is 0 Å². The van der Waals surface area contributed by atoms with Crippen LogP contribution in [0, 0.1) is 5.92 Å². The largest absolute Gasteiger partial charge is 0.348 e. The number of carbonyl (C=O) groups excluding carboxylic acids is 1. The molecule has 2 nitrogen and oxygen atoms in total. The summed E-state index contributed by atoms with van der Waals surface area (Å²) < 4.78 is 2.41. The van der Waals surface area contributed by atoms with Gasteiger partial charge in [-0.15, -0.1) is 0 Å². The van der Waals surface area contributed by atoms with Crippen molar-refractivity contribution >= 4 is 5.78 Å². The second-order valence-electron chi connectivity index (χ2n) is 5.77. The molecule has 2 aliphatic carbocycles. The van der Waals surface area contributed by atoms with Gasteiger partial charge in [0.2, 0.25) is 0 Å². The van der Waals surface area contributed by atoms with Gasteiger partial charge in [-0.3, -0.25) is 4.79 Å². The van der Waals surface area contributed by atoms with E-state index in [0.717, 1.165) is 30.7 Å². The Balaban J connectivity index is 1.86. The highest BCUT2D eigenvalue weighted by Crippen LogP contribution is 2.35. The van der Waals surface area contributed by atoms with Crippen LogP contribution in [-0.2, 0) is 6.42 Å². The molecule has 0 N–H and O–H groups in total. The van der Waals surface area contributed by atoms with Gasteiger partial charge >= 0.3 is 0 Å². The zero-order valence-corrected chi connectivity index (χ0v) is 10.6. The Morgan fingerprint density at radius 1 is 1.18 bits per heavy atom. The Morgan fingerprint density at radius 3 is 2.71 bits per heavy atom. The minimum absolute atomic E-state index is 0.356. The highest BCUT2D eigenvalue weighted by molar-refractivity contribution is 5.98. The van der Waals surface area contributed by atoms with E-state index < -0.39 is 0 Å². The zero-order chi connectivity index (χ0) is 11.8. The summed E-state index contributed by atoms with van der Waals surface area (Å²) in [5, 5.41) is 0. The number of Topliss-reactive ketones (excluding diaryl/α,β-unsaturated/α-hetero) is 1. The van der Waals surface area contributed by atoms with Crippen molar-refractivity contribution in [3.63, 3.8) is 0 Å². The summed E-state index contributed by atoms with van der Waals surface area (Å²) in [6.45, 7) is 2.35. The molecule has 0 unspecified atom stereocenters. The van der Waals surface area contributed by atoms with E-state index in [-0.39, 0.29) is 0 Å². The molecule has 0 saturated heterocycles. The van der Waals surface area contributed by atoms with Crippen LogP contribution >= 0.6 is 0 Å². The molecule has 0 bridgehead atoms. The van der Waals surface area contributed by atoms with Gasteiger partial charge in [0.1, 0.15) is 0 Å². The first-order valence-electron chi connectivity index (χ1n) is 6.98. The predicted octanol–water partition coefficient (Wildman–Crippen LogP) is 3.76. The van der Waals surface area contributed by atoms with E-state index in [1.807, 2.05) is 0 Å². The Kier molecular flexibility index (Phi) is 2.81. The number of fused-ring (bicyclic) bond motifs is 1. The van der Waals surface area contributed by atoms with Crippen LogP contribution < -0.4 is 0 Å². The van der Waals surface area contributed by atoms with Gasteiger partial charge < -0.3 is 4.57 Å². The number of carbonyl (C=O) groups is 1. The average molecular weight is 231 g/mol. The standard InChI is InChI=1S/C15H21NO/c1-11-5-7-12(8-6-11)16-10-9-13-14(16)3-2-4-15(13)17/h9-12H,2-8H2,1H3. The van der Waals surface area contributed by atoms with E-state index in [4.69, 9.17) is 0 Å². The van der Waals surface area contributed by atoms with Crippen molar-refractivity contribution in [3.05, 3.63) is 23.5 Å². The van der Waals surface area contributed by atoms with Gasteiger partial charge in [-0.2, -0.15) is 0 Å². The quantitative estimate of drug-likeness (QED) is 0.721. The van der Waals surface area contributed by atoms with Gasteiger partial charge in [-0.1, -0.05) is 6.92 Å². The van der Waals surface area contributed by atoms with E-state index in [1.54, 1.807) is 0 Å². The lowest BCUT2D eigenvalue weighted by Crippen LogP contribution is -2.20. The molecule has 0 amide bonds. The summed E-state index contributed by atoms with van der Waals surface area (Å²) in [5.74, 6) is 1.24.